The van der Waals surface area contributed by atoms with E-state index in [0.717, 1.165) is 19.6 Å². The number of methoxy groups -OCH3 is 1. The van der Waals surface area contributed by atoms with Gasteiger partial charge in [0.25, 0.3) is 11.7 Å². The Morgan fingerprint density at radius 1 is 1.12 bits per heavy atom. The highest BCUT2D eigenvalue weighted by atomic mass is 19.1. The summed E-state index contributed by atoms with van der Waals surface area (Å²) in [5.74, 6) is -1.97. The van der Waals surface area contributed by atoms with Crippen molar-refractivity contribution < 1.29 is 28.6 Å². The number of aliphatic hydroxyl groups excluding tert-OH is 1. The molecular formula is C25H27FN2O5. The molecule has 2 saturated heterocycles. The van der Waals surface area contributed by atoms with Gasteiger partial charge in [0.15, 0.2) is 0 Å². The van der Waals surface area contributed by atoms with Crippen molar-refractivity contribution in [3.8, 4) is 5.75 Å². The van der Waals surface area contributed by atoms with E-state index in [1.807, 2.05) is 0 Å². The van der Waals surface area contributed by atoms with Crippen molar-refractivity contribution in [2.45, 2.75) is 12.5 Å². The van der Waals surface area contributed by atoms with Crippen LogP contribution in [0.5, 0.6) is 5.75 Å². The molecule has 1 amide bonds. The van der Waals surface area contributed by atoms with Gasteiger partial charge in [0, 0.05) is 37.3 Å². The number of aliphatic hydroxyl groups is 1. The molecule has 0 saturated carbocycles. The maximum absolute atomic E-state index is 14.8. The Morgan fingerprint density at radius 2 is 1.88 bits per heavy atom. The van der Waals surface area contributed by atoms with Gasteiger partial charge in [0.1, 0.15) is 17.3 Å². The molecule has 2 aromatic carbocycles. The van der Waals surface area contributed by atoms with Crippen molar-refractivity contribution in [2.24, 2.45) is 0 Å². The number of carbonyl (C=O) groups excluding carboxylic acids is 2. The molecule has 174 valence electrons. The summed E-state index contributed by atoms with van der Waals surface area (Å²) < 4.78 is 25.4. The summed E-state index contributed by atoms with van der Waals surface area (Å²) >= 11 is 0. The second-order valence-corrected chi connectivity index (χ2v) is 8.05. The molecule has 2 aliphatic rings. The minimum atomic E-state index is -1.01. The van der Waals surface area contributed by atoms with Gasteiger partial charge in [-0.3, -0.25) is 14.5 Å². The summed E-state index contributed by atoms with van der Waals surface area (Å²) in [6, 6.07) is 11.6. The van der Waals surface area contributed by atoms with Gasteiger partial charge in [0.05, 0.1) is 31.9 Å². The van der Waals surface area contributed by atoms with Crippen LogP contribution in [0.1, 0.15) is 23.6 Å². The van der Waals surface area contributed by atoms with E-state index in [2.05, 4.69) is 4.90 Å². The quantitative estimate of drug-likeness (QED) is 0.394. The summed E-state index contributed by atoms with van der Waals surface area (Å²) in [4.78, 5) is 29.7. The number of likely N-dealkylation sites (tertiary alicyclic amines) is 1. The summed E-state index contributed by atoms with van der Waals surface area (Å²) in [6.07, 6.45) is 0.608. The van der Waals surface area contributed by atoms with Crippen LogP contribution in [0, 0.1) is 5.82 Å². The number of benzene rings is 2. The molecule has 0 radical (unpaired) electrons. The zero-order valence-electron chi connectivity index (χ0n) is 18.5. The largest absolute Gasteiger partial charge is 0.507 e. The third-order valence-electron chi connectivity index (χ3n) is 6.06. The lowest BCUT2D eigenvalue weighted by Crippen LogP contribution is -2.39. The van der Waals surface area contributed by atoms with E-state index in [1.165, 1.54) is 18.1 Å². The van der Waals surface area contributed by atoms with Crippen molar-refractivity contribution in [1.82, 2.24) is 9.80 Å². The molecule has 0 spiro atoms. The van der Waals surface area contributed by atoms with Crippen molar-refractivity contribution in [2.75, 3.05) is 46.5 Å². The zero-order valence-corrected chi connectivity index (χ0v) is 18.5. The second kappa shape index (κ2) is 10.1. The number of amides is 1. The van der Waals surface area contributed by atoms with Crippen molar-refractivity contribution in [3.05, 3.63) is 71.0 Å². The van der Waals surface area contributed by atoms with E-state index >= 15 is 0 Å². The van der Waals surface area contributed by atoms with Crippen LogP contribution >= 0.6 is 0 Å². The Kier molecular flexibility index (Phi) is 7.05. The Labute approximate surface area is 192 Å². The third-order valence-corrected chi connectivity index (χ3v) is 6.06. The monoisotopic (exact) mass is 454 g/mol. The molecule has 2 aliphatic heterocycles. The van der Waals surface area contributed by atoms with Crippen LogP contribution in [0.15, 0.2) is 54.1 Å². The molecule has 0 aromatic heterocycles. The highest BCUT2D eigenvalue weighted by Crippen LogP contribution is 2.40. The number of hydrogen-bond acceptors (Lipinski definition) is 6. The summed E-state index contributed by atoms with van der Waals surface area (Å²) in [7, 11) is 1.49. The second-order valence-electron chi connectivity index (χ2n) is 8.05. The number of morpholine rings is 1. The fourth-order valence-electron chi connectivity index (χ4n) is 4.35. The SMILES string of the molecule is COc1cccc(/C(O)=C2\C(=O)C(=O)N(CCCN3CCOCC3)[C@@H]2c2ccccc2F)c1. The molecule has 7 nitrogen and oxygen atoms in total. The van der Waals surface area contributed by atoms with E-state index in [9.17, 15) is 19.1 Å². The van der Waals surface area contributed by atoms with Crippen LogP contribution in [0.25, 0.3) is 5.76 Å². The normalized spacial score (nSPS) is 20.9. The zero-order chi connectivity index (χ0) is 23.4. The smallest absolute Gasteiger partial charge is 0.295 e. The Hall–Kier alpha value is -3.23. The van der Waals surface area contributed by atoms with Crippen molar-refractivity contribution in [3.63, 3.8) is 0 Å². The van der Waals surface area contributed by atoms with Gasteiger partial charge in [0.2, 0.25) is 0 Å². The molecule has 2 aromatic rings. The maximum atomic E-state index is 14.8. The first-order chi connectivity index (χ1) is 16.0. The minimum absolute atomic E-state index is 0.121. The number of rotatable bonds is 7. The molecule has 1 atom stereocenters. The predicted molar refractivity (Wildman–Crippen MR) is 120 cm³/mol. The van der Waals surface area contributed by atoms with Gasteiger partial charge < -0.3 is 19.5 Å². The average molecular weight is 454 g/mol. The lowest BCUT2D eigenvalue weighted by Gasteiger charge is -2.29. The predicted octanol–water partition coefficient (Wildman–Crippen LogP) is 2.98. The van der Waals surface area contributed by atoms with E-state index < -0.39 is 23.5 Å². The first kappa shape index (κ1) is 22.9. The highest BCUT2D eigenvalue weighted by molar-refractivity contribution is 6.46. The van der Waals surface area contributed by atoms with Crippen LogP contribution in [-0.4, -0.2) is 73.1 Å². The topological polar surface area (TPSA) is 79.3 Å². The summed E-state index contributed by atoms with van der Waals surface area (Å²) in [5.41, 5.74) is 0.374. The van der Waals surface area contributed by atoms with Gasteiger partial charge in [-0.05, 0) is 24.6 Å². The van der Waals surface area contributed by atoms with Gasteiger partial charge in [-0.15, -0.1) is 0 Å². The summed E-state index contributed by atoms with van der Waals surface area (Å²) in [6.45, 7) is 3.94. The number of carbonyl (C=O) groups is 2. The van der Waals surface area contributed by atoms with Gasteiger partial charge in [-0.1, -0.05) is 30.3 Å². The first-order valence-electron chi connectivity index (χ1n) is 11.0. The van der Waals surface area contributed by atoms with E-state index in [0.29, 0.717) is 30.9 Å². The number of halogens is 1. The van der Waals surface area contributed by atoms with Crippen LogP contribution < -0.4 is 4.74 Å². The highest BCUT2D eigenvalue weighted by Gasteiger charge is 2.46. The number of ketones is 1. The van der Waals surface area contributed by atoms with Crippen LogP contribution in [-0.2, 0) is 14.3 Å². The van der Waals surface area contributed by atoms with E-state index in [-0.39, 0.29) is 23.4 Å². The molecule has 0 bridgehead atoms. The summed E-state index contributed by atoms with van der Waals surface area (Å²) in [5, 5.41) is 11.1. The molecule has 0 unspecified atom stereocenters. The molecule has 0 aliphatic carbocycles. The Balaban J connectivity index is 1.69. The molecule has 4 rings (SSSR count). The van der Waals surface area contributed by atoms with Crippen LogP contribution in [0.3, 0.4) is 0 Å². The molecule has 1 N–H and O–H groups in total. The molecular weight excluding hydrogens is 427 g/mol. The number of hydrogen-bond donors (Lipinski definition) is 1. The molecule has 2 fully saturated rings. The standard InChI is InChI=1S/C25H27FN2O5/c1-32-18-7-4-6-17(16-18)23(29)21-22(19-8-2-3-9-20(19)26)28(25(31)24(21)30)11-5-10-27-12-14-33-15-13-27/h2-4,6-9,16,22,29H,5,10-15H2,1H3/b23-21+/t22-/m1/s1. The number of nitrogens with zero attached hydrogens (tertiary/aromatic N) is 2. The first-order valence-corrected chi connectivity index (χ1v) is 11.0. The lowest BCUT2D eigenvalue weighted by atomic mass is 9.95. The van der Waals surface area contributed by atoms with Crippen LogP contribution in [0.4, 0.5) is 4.39 Å². The molecule has 33 heavy (non-hydrogen) atoms. The number of Topliss-reactive ketones (excluding diaryl/α,β-unsaturated/α-hetero) is 1. The van der Waals surface area contributed by atoms with E-state index in [1.54, 1.807) is 42.5 Å². The van der Waals surface area contributed by atoms with Crippen LogP contribution in [0.2, 0.25) is 0 Å². The fraction of sp³-hybridized carbons (Fsp3) is 0.360. The average Bonchev–Trinajstić information content (AvgIpc) is 3.09. The van der Waals surface area contributed by atoms with E-state index in [4.69, 9.17) is 9.47 Å². The van der Waals surface area contributed by atoms with Gasteiger partial charge >= 0.3 is 0 Å². The Morgan fingerprint density at radius 3 is 2.61 bits per heavy atom. The molecule has 8 heteroatoms. The van der Waals surface area contributed by atoms with Crippen molar-refractivity contribution >= 4 is 17.4 Å². The fourth-order valence-corrected chi connectivity index (χ4v) is 4.35. The minimum Gasteiger partial charge on any atom is -0.507 e. The van der Waals surface area contributed by atoms with Gasteiger partial charge in [-0.25, -0.2) is 4.39 Å². The molecule has 2 heterocycles. The Bertz CT molecular complexity index is 1060. The van der Waals surface area contributed by atoms with Crippen molar-refractivity contribution in [1.29, 1.82) is 0 Å². The van der Waals surface area contributed by atoms with Gasteiger partial charge in [-0.2, -0.15) is 0 Å². The lowest BCUT2D eigenvalue weighted by molar-refractivity contribution is -0.140. The maximum Gasteiger partial charge on any atom is 0.295 e. The number of ether oxygens (including phenoxy) is 2. The third kappa shape index (κ3) is 4.77.